The van der Waals surface area contributed by atoms with Crippen LogP contribution in [0.3, 0.4) is 0 Å². The highest BCUT2D eigenvalue weighted by molar-refractivity contribution is 5.74. The fraction of sp³-hybridized carbons (Fsp3) is 0.857. The molecular weight excluding hydrogens is 258 g/mol. The molecule has 1 unspecified atom stereocenters. The van der Waals surface area contributed by atoms with E-state index in [0.29, 0.717) is 12.5 Å². The van der Waals surface area contributed by atoms with Crippen LogP contribution in [0.5, 0.6) is 0 Å². The van der Waals surface area contributed by atoms with Gasteiger partial charge in [0.15, 0.2) is 0 Å². The molecule has 0 aromatic carbocycles. The zero-order valence-corrected chi connectivity index (χ0v) is 12.8. The number of piperidine rings is 1. The van der Waals surface area contributed by atoms with Gasteiger partial charge in [0.25, 0.3) is 0 Å². The van der Waals surface area contributed by atoms with Crippen LogP contribution < -0.4 is 5.32 Å². The summed E-state index contributed by atoms with van der Waals surface area (Å²) >= 11 is 0. The van der Waals surface area contributed by atoms with Gasteiger partial charge in [0.2, 0.25) is 0 Å². The lowest BCUT2D eigenvalue weighted by atomic mass is 9.96. The van der Waals surface area contributed by atoms with Crippen molar-refractivity contribution >= 4 is 12.0 Å². The van der Waals surface area contributed by atoms with E-state index in [9.17, 15) is 9.59 Å². The van der Waals surface area contributed by atoms with Crippen LogP contribution in [0.1, 0.15) is 26.2 Å². The Morgan fingerprint density at radius 3 is 2.45 bits per heavy atom. The third-order valence-electron chi connectivity index (χ3n) is 3.65. The molecule has 2 N–H and O–H groups in total. The molecule has 1 aliphatic heterocycles. The van der Waals surface area contributed by atoms with Crippen molar-refractivity contribution in [1.29, 1.82) is 0 Å². The van der Waals surface area contributed by atoms with Gasteiger partial charge < -0.3 is 20.2 Å². The number of urea groups is 1. The van der Waals surface area contributed by atoms with Crippen LogP contribution >= 0.6 is 0 Å². The lowest BCUT2D eigenvalue weighted by Gasteiger charge is -2.33. The third-order valence-corrected chi connectivity index (χ3v) is 3.65. The van der Waals surface area contributed by atoms with Crippen LogP contribution in [0.4, 0.5) is 4.79 Å². The van der Waals surface area contributed by atoms with Crippen LogP contribution in [0.15, 0.2) is 0 Å². The van der Waals surface area contributed by atoms with Gasteiger partial charge in [-0.05, 0) is 38.8 Å². The monoisotopic (exact) mass is 285 g/mol. The highest BCUT2D eigenvalue weighted by Gasteiger charge is 2.23. The SMILES string of the molecule is CC(CNC(=O)N1CCC(CN(C)C)CC1)CC(=O)O. The summed E-state index contributed by atoms with van der Waals surface area (Å²) < 4.78 is 0. The van der Waals surface area contributed by atoms with Crippen molar-refractivity contribution in [1.82, 2.24) is 15.1 Å². The van der Waals surface area contributed by atoms with E-state index >= 15 is 0 Å². The molecule has 6 heteroatoms. The number of aliphatic carboxylic acids is 1. The summed E-state index contributed by atoms with van der Waals surface area (Å²) in [6, 6.07) is -0.0643. The minimum atomic E-state index is -0.823. The quantitative estimate of drug-likeness (QED) is 0.766. The summed E-state index contributed by atoms with van der Waals surface area (Å²) in [5.74, 6) is -0.195. The Bertz CT molecular complexity index is 326. The fourth-order valence-electron chi connectivity index (χ4n) is 2.58. The molecule has 1 atom stereocenters. The number of nitrogens with one attached hydrogen (secondary N) is 1. The molecule has 0 aromatic heterocycles. The Balaban J connectivity index is 2.24. The average Bonchev–Trinajstić information content (AvgIpc) is 2.35. The summed E-state index contributed by atoms with van der Waals surface area (Å²) in [7, 11) is 4.14. The lowest BCUT2D eigenvalue weighted by Crippen LogP contribution is -2.46. The molecule has 6 nitrogen and oxygen atoms in total. The number of carboxylic acid groups (broad SMARTS) is 1. The number of hydrogen-bond acceptors (Lipinski definition) is 3. The number of likely N-dealkylation sites (tertiary alicyclic amines) is 1. The fourth-order valence-corrected chi connectivity index (χ4v) is 2.58. The first-order valence-electron chi connectivity index (χ1n) is 7.27. The molecular formula is C14H27N3O3. The van der Waals surface area contributed by atoms with Gasteiger partial charge >= 0.3 is 12.0 Å². The number of carboxylic acids is 1. The van der Waals surface area contributed by atoms with E-state index in [2.05, 4.69) is 24.3 Å². The zero-order valence-electron chi connectivity index (χ0n) is 12.8. The van der Waals surface area contributed by atoms with E-state index in [-0.39, 0.29) is 18.4 Å². The summed E-state index contributed by atoms with van der Waals surface area (Å²) in [5.41, 5.74) is 0. The molecule has 1 rings (SSSR count). The minimum Gasteiger partial charge on any atom is -0.481 e. The summed E-state index contributed by atoms with van der Waals surface area (Å²) in [5, 5.41) is 11.5. The molecule has 1 saturated heterocycles. The number of nitrogens with zero attached hydrogens (tertiary/aromatic N) is 2. The van der Waals surface area contributed by atoms with Crippen LogP contribution in [-0.2, 0) is 4.79 Å². The maximum Gasteiger partial charge on any atom is 0.317 e. The van der Waals surface area contributed by atoms with Gasteiger partial charge in [0.05, 0.1) is 0 Å². The lowest BCUT2D eigenvalue weighted by molar-refractivity contribution is -0.137. The van der Waals surface area contributed by atoms with Crippen molar-refractivity contribution in [2.45, 2.75) is 26.2 Å². The summed E-state index contributed by atoms with van der Waals surface area (Å²) in [6.07, 6.45) is 2.16. The Labute approximate surface area is 121 Å². The number of amides is 2. The van der Waals surface area contributed by atoms with Crippen LogP contribution in [0, 0.1) is 11.8 Å². The summed E-state index contributed by atoms with van der Waals surface area (Å²) in [6.45, 7) is 4.90. The Morgan fingerprint density at radius 2 is 1.95 bits per heavy atom. The van der Waals surface area contributed by atoms with Crippen LogP contribution in [0.25, 0.3) is 0 Å². The zero-order chi connectivity index (χ0) is 15.1. The Kier molecular flexibility index (Phi) is 6.78. The van der Waals surface area contributed by atoms with Gasteiger partial charge in [-0.2, -0.15) is 0 Å². The second kappa shape index (κ2) is 8.09. The first-order chi connectivity index (χ1) is 9.38. The predicted molar refractivity (Wildman–Crippen MR) is 77.7 cm³/mol. The second-order valence-corrected chi connectivity index (χ2v) is 6.08. The van der Waals surface area contributed by atoms with Crippen LogP contribution in [0.2, 0.25) is 0 Å². The molecule has 116 valence electrons. The van der Waals surface area contributed by atoms with E-state index < -0.39 is 5.97 Å². The normalized spacial score (nSPS) is 18.1. The topological polar surface area (TPSA) is 72.9 Å². The minimum absolute atomic E-state index is 0.0391. The number of hydrogen-bond donors (Lipinski definition) is 2. The van der Waals surface area contributed by atoms with Gasteiger partial charge in [-0.15, -0.1) is 0 Å². The molecule has 0 spiro atoms. The molecule has 1 fully saturated rings. The van der Waals surface area contributed by atoms with E-state index in [4.69, 9.17) is 5.11 Å². The molecule has 0 aromatic rings. The highest BCUT2D eigenvalue weighted by atomic mass is 16.4. The standard InChI is InChI=1S/C14H27N3O3/c1-11(8-13(18)19)9-15-14(20)17-6-4-12(5-7-17)10-16(2)3/h11-12H,4-10H2,1-3H3,(H,15,20)(H,18,19). The van der Waals surface area contributed by atoms with Crippen molar-refractivity contribution in [3.63, 3.8) is 0 Å². The van der Waals surface area contributed by atoms with Gasteiger partial charge in [0, 0.05) is 32.6 Å². The largest absolute Gasteiger partial charge is 0.481 e. The van der Waals surface area contributed by atoms with E-state index in [1.807, 2.05) is 11.8 Å². The van der Waals surface area contributed by atoms with Crippen molar-refractivity contribution in [3.05, 3.63) is 0 Å². The number of carbonyl (C=O) groups excluding carboxylic acids is 1. The smallest absolute Gasteiger partial charge is 0.317 e. The maximum atomic E-state index is 12.0. The highest BCUT2D eigenvalue weighted by Crippen LogP contribution is 2.17. The first kappa shape index (κ1) is 16.8. The molecule has 20 heavy (non-hydrogen) atoms. The third kappa shape index (κ3) is 6.23. The summed E-state index contributed by atoms with van der Waals surface area (Å²) in [4.78, 5) is 26.5. The van der Waals surface area contributed by atoms with E-state index in [0.717, 1.165) is 32.5 Å². The van der Waals surface area contributed by atoms with Crippen molar-refractivity contribution in [2.75, 3.05) is 40.3 Å². The van der Waals surface area contributed by atoms with E-state index in [1.165, 1.54) is 0 Å². The van der Waals surface area contributed by atoms with Crippen molar-refractivity contribution < 1.29 is 14.7 Å². The number of carbonyl (C=O) groups is 2. The molecule has 2 amide bonds. The molecule has 1 aliphatic rings. The number of rotatable bonds is 6. The molecule has 0 aliphatic carbocycles. The molecule has 0 saturated carbocycles. The molecule has 0 bridgehead atoms. The molecule has 1 heterocycles. The Morgan fingerprint density at radius 1 is 1.35 bits per heavy atom. The van der Waals surface area contributed by atoms with Gasteiger partial charge in [-0.3, -0.25) is 4.79 Å². The Hall–Kier alpha value is -1.30. The second-order valence-electron chi connectivity index (χ2n) is 6.08. The van der Waals surface area contributed by atoms with Crippen LogP contribution in [-0.4, -0.2) is 67.2 Å². The van der Waals surface area contributed by atoms with Gasteiger partial charge in [0.1, 0.15) is 0 Å². The van der Waals surface area contributed by atoms with Crippen molar-refractivity contribution in [2.24, 2.45) is 11.8 Å². The maximum absolute atomic E-state index is 12.0. The first-order valence-corrected chi connectivity index (χ1v) is 7.27. The molecule has 0 radical (unpaired) electrons. The average molecular weight is 285 g/mol. The predicted octanol–water partition coefficient (Wildman–Crippen LogP) is 1.08. The van der Waals surface area contributed by atoms with Gasteiger partial charge in [-0.25, -0.2) is 4.79 Å². The van der Waals surface area contributed by atoms with Crippen molar-refractivity contribution in [3.8, 4) is 0 Å². The van der Waals surface area contributed by atoms with E-state index in [1.54, 1.807) is 0 Å². The van der Waals surface area contributed by atoms with Gasteiger partial charge in [-0.1, -0.05) is 6.92 Å².